The second kappa shape index (κ2) is 10.3. The molecule has 0 radical (unpaired) electrons. The van der Waals surface area contributed by atoms with Crippen LogP contribution in [0.25, 0.3) is 11.0 Å². The van der Waals surface area contributed by atoms with Crippen LogP contribution in [-0.2, 0) is 24.6 Å². The summed E-state index contributed by atoms with van der Waals surface area (Å²) >= 11 is 0. The molecule has 192 valence electrons. The molecule has 1 aliphatic heterocycles. The van der Waals surface area contributed by atoms with Crippen molar-refractivity contribution < 1.29 is 26.3 Å². The molecule has 0 amide bonds. The number of sulfonamides is 1. The van der Waals surface area contributed by atoms with E-state index in [0.717, 1.165) is 6.26 Å². The lowest BCUT2D eigenvalue weighted by molar-refractivity contribution is 0.0730. The van der Waals surface area contributed by atoms with Gasteiger partial charge in [0, 0.05) is 44.2 Å². The third-order valence-corrected chi connectivity index (χ3v) is 8.43. The van der Waals surface area contributed by atoms with Crippen molar-refractivity contribution in [2.45, 2.75) is 4.90 Å². The second-order valence-electron chi connectivity index (χ2n) is 8.15. The number of H-pyrrole nitrogens is 1. The van der Waals surface area contributed by atoms with Gasteiger partial charge in [-0.3, -0.25) is 0 Å². The van der Waals surface area contributed by atoms with E-state index in [4.69, 9.17) is 9.47 Å². The summed E-state index contributed by atoms with van der Waals surface area (Å²) in [6, 6.07) is 8.26. The smallest absolute Gasteiger partial charge is 0.243 e. The van der Waals surface area contributed by atoms with Crippen molar-refractivity contribution >= 4 is 48.1 Å². The number of nitriles is 1. The quantitative estimate of drug-likeness (QED) is 0.367. The number of morpholine rings is 1. The second-order valence-corrected chi connectivity index (χ2v) is 12.4. The van der Waals surface area contributed by atoms with Crippen molar-refractivity contribution in [2.75, 3.05) is 62.6 Å². The zero-order valence-electron chi connectivity index (χ0n) is 19.7. The molecule has 3 heterocycles. The standard InChI is InChI=1S/C22H26N6O6S2/c1-33-19-11-16(36(31,32)28-6-8-34-9-7-28)3-4-17(19)26-20-12-18(24-5-10-35(2,29)30)21-15(13-23)14-25-22(21)27-20/h3-4,11-12,14H,5-10H2,1-2H3,(H3,24,25,26,27). The number of aromatic amines is 1. The summed E-state index contributed by atoms with van der Waals surface area (Å²) in [6.07, 6.45) is 2.67. The van der Waals surface area contributed by atoms with Gasteiger partial charge >= 0.3 is 0 Å². The van der Waals surface area contributed by atoms with E-state index in [1.807, 2.05) is 0 Å². The first-order valence-electron chi connectivity index (χ1n) is 11.0. The number of fused-ring (bicyclic) bond motifs is 1. The summed E-state index contributed by atoms with van der Waals surface area (Å²) in [5.41, 5.74) is 1.78. The molecule has 3 aromatic rings. The molecule has 3 N–H and O–H groups in total. The molecule has 0 atom stereocenters. The predicted molar refractivity (Wildman–Crippen MR) is 135 cm³/mol. The van der Waals surface area contributed by atoms with E-state index in [0.29, 0.717) is 52.8 Å². The Morgan fingerprint density at radius 1 is 1.19 bits per heavy atom. The highest BCUT2D eigenvalue weighted by molar-refractivity contribution is 7.90. The van der Waals surface area contributed by atoms with Crippen LogP contribution in [0.15, 0.2) is 35.4 Å². The van der Waals surface area contributed by atoms with Crippen molar-refractivity contribution in [3.8, 4) is 11.8 Å². The Labute approximate surface area is 209 Å². The topological polar surface area (TPSA) is 167 Å². The molecule has 0 bridgehead atoms. The molecule has 0 aliphatic carbocycles. The number of aromatic nitrogens is 2. The highest BCUT2D eigenvalue weighted by atomic mass is 32.2. The summed E-state index contributed by atoms with van der Waals surface area (Å²) in [7, 11) is -5.46. The number of sulfone groups is 1. The Kier molecular flexibility index (Phi) is 7.36. The Morgan fingerprint density at radius 3 is 2.61 bits per heavy atom. The van der Waals surface area contributed by atoms with Gasteiger partial charge in [-0.25, -0.2) is 21.8 Å². The van der Waals surface area contributed by atoms with Gasteiger partial charge in [0.2, 0.25) is 10.0 Å². The number of nitrogens with one attached hydrogen (secondary N) is 3. The van der Waals surface area contributed by atoms with Crippen molar-refractivity contribution in [1.29, 1.82) is 5.26 Å². The van der Waals surface area contributed by atoms with Gasteiger partial charge in [-0.05, 0) is 12.1 Å². The molecule has 14 heteroatoms. The minimum atomic E-state index is -3.71. The van der Waals surface area contributed by atoms with Gasteiger partial charge in [-0.15, -0.1) is 0 Å². The van der Waals surface area contributed by atoms with Crippen molar-refractivity contribution in [3.63, 3.8) is 0 Å². The zero-order valence-corrected chi connectivity index (χ0v) is 21.4. The fourth-order valence-electron chi connectivity index (χ4n) is 3.81. The van der Waals surface area contributed by atoms with E-state index >= 15 is 0 Å². The summed E-state index contributed by atoms with van der Waals surface area (Å²) in [4.78, 5) is 7.55. The van der Waals surface area contributed by atoms with E-state index in [1.54, 1.807) is 12.1 Å². The van der Waals surface area contributed by atoms with Crippen LogP contribution in [0.4, 0.5) is 17.2 Å². The average Bonchev–Trinajstić information content (AvgIpc) is 3.27. The fourth-order valence-corrected chi connectivity index (χ4v) is 5.70. The third kappa shape index (κ3) is 5.54. The maximum absolute atomic E-state index is 13.0. The molecule has 12 nitrogen and oxygen atoms in total. The van der Waals surface area contributed by atoms with E-state index in [1.165, 1.54) is 29.7 Å². The van der Waals surface area contributed by atoms with Gasteiger partial charge in [0.25, 0.3) is 0 Å². The van der Waals surface area contributed by atoms with Gasteiger partial charge in [0.1, 0.15) is 33.1 Å². The molecule has 1 aliphatic rings. The van der Waals surface area contributed by atoms with Crippen LogP contribution in [0.3, 0.4) is 0 Å². The fraction of sp³-hybridized carbons (Fsp3) is 0.364. The Morgan fingerprint density at radius 2 is 1.94 bits per heavy atom. The summed E-state index contributed by atoms with van der Waals surface area (Å²) < 4.78 is 61.2. The van der Waals surface area contributed by atoms with E-state index < -0.39 is 19.9 Å². The number of benzene rings is 1. The third-order valence-electron chi connectivity index (χ3n) is 5.59. The normalized spacial score (nSPS) is 14.9. The Hall–Kier alpha value is -3.38. The zero-order chi connectivity index (χ0) is 25.9. The van der Waals surface area contributed by atoms with Gasteiger partial charge in [0.05, 0.1) is 53.3 Å². The lowest BCUT2D eigenvalue weighted by atomic mass is 10.2. The minimum absolute atomic E-state index is 0.0845. The van der Waals surface area contributed by atoms with Crippen molar-refractivity contribution in [1.82, 2.24) is 14.3 Å². The number of hydrogen-bond donors (Lipinski definition) is 3. The SMILES string of the molecule is COc1cc(S(=O)(=O)N2CCOCC2)ccc1Nc1cc(NCCS(C)(=O)=O)c2c(C#N)c[nH]c2n1. The van der Waals surface area contributed by atoms with Crippen LogP contribution >= 0.6 is 0 Å². The highest BCUT2D eigenvalue weighted by Crippen LogP contribution is 2.34. The van der Waals surface area contributed by atoms with Gasteiger partial charge in [0.15, 0.2) is 0 Å². The number of ether oxygens (including phenoxy) is 2. The molecular formula is C22H26N6O6S2. The van der Waals surface area contributed by atoms with Crippen LogP contribution < -0.4 is 15.4 Å². The van der Waals surface area contributed by atoms with E-state index in [9.17, 15) is 22.1 Å². The lowest BCUT2D eigenvalue weighted by Crippen LogP contribution is -2.40. The molecule has 2 aromatic heterocycles. The lowest BCUT2D eigenvalue weighted by Gasteiger charge is -2.26. The number of pyridine rings is 1. The first-order chi connectivity index (χ1) is 17.1. The maximum atomic E-state index is 13.0. The van der Waals surface area contributed by atoms with Crippen molar-refractivity contribution in [3.05, 3.63) is 36.0 Å². The summed E-state index contributed by atoms with van der Waals surface area (Å²) in [6.45, 7) is 1.40. The molecule has 0 unspecified atom stereocenters. The van der Waals surface area contributed by atoms with Crippen LogP contribution in [0.5, 0.6) is 5.75 Å². The number of nitrogens with zero attached hydrogens (tertiary/aromatic N) is 3. The Bertz CT molecular complexity index is 1520. The number of anilines is 3. The Balaban J connectivity index is 1.65. The first-order valence-corrected chi connectivity index (χ1v) is 14.5. The van der Waals surface area contributed by atoms with Gasteiger partial charge < -0.3 is 25.1 Å². The van der Waals surface area contributed by atoms with E-state index in [-0.39, 0.29) is 30.3 Å². The molecular weight excluding hydrogens is 508 g/mol. The molecule has 1 fully saturated rings. The largest absolute Gasteiger partial charge is 0.495 e. The number of rotatable bonds is 9. The summed E-state index contributed by atoms with van der Waals surface area (Å²) in [5.74, 6) is 0.582. The minimum Gasteiger partial charge on any atom is -0.495 e. The highest BCUT2D eigenvalue weighted by Gasteiger charge is 2.27. The van der Waals surface area contributed by atoms with Crippen LogP contribution in [0.2, 0.25) is 0 Å². The van der Waals surface area contributed by atoms with Gasteiger partial charge in [-0.2, -0.15) is 9.57 Å². The summed E-state index contributed by atoms with van der Waals surface area (Å²) in [5, 5.41) is 16.2. The van der Waals surface area contributed by atoms with E-state index in [2.05, 4.69) is 26.7 Å². The van der Waals surface area contributed by atoms with Crippen LogP contribution in [-0.4, -0.2) is 83.1 Å². The van der Waals surface area contributed by atoms with Crippen molar-refractivity contribution in [2.24, 2.45) is 0 Å². The van der Waals surface area contributed by atoms with Gasteiger partial charge in [-0.1, -0.05) is 0 Å². The molecule has 1 aromatic carbocycles. The molecule has 36 heavy (non-hydrogen) atoms. The first kappa shape index (κ1) is 25.7. The molecule has 1 saturated heterocycles. The average molecular weight is 535 g/mol. The number of methoxy groups -OCH3 is 1. The molecule has 0 saturated carbocycles. The monoisotopic (exact) mass is 534 g/mol. The maximum Gasteiger partial charge on any atom is 0.243 e. The predicted octanol–water partition coefficient (Wildman–Crippen LogP) is 1.66. The molecule has 0 spiro atoms. The number of hydrogen-bond acceptors (Lipinski definition) is 10. The molecule has 4 rings (SSSR count). The van der Waals surface area contributed by atoms with Crippen LogP contribution in [0, 0.1) is 11.3 Å². The van der Waals surface area contributed by atoms with Crippen LogP contribution in [0.1, 0.15) is 5.56 Å².